The molecule has 0 aromatic carbocycles. The minimum absolute atomic E-state index is 0.714. The molecule has 0 saturated heterocycles. The molecule has 0 radical (unpaired) electrons. The van der Waals surface area contributed by atoms with Gasteiger partial charge in [-0.05, 0) is 24.8 Å². The van der Waals surface area contributed by atoms with Crippen LogP contribution in [0.3, 0.4) is 0 Å². The predicted molar refractivity (Wildman–Crippen MR) is 79.9 cm³/mol. The molecule has 110 valence electrons. The highest BCUT2D eigenvalue weighted by Gasteiger charge is 2.30. The number of hydrogen-bond acceptors (Lipinski definition) is 4. The van der Waals surface area contributed by atoms with Crippen LogP contribution in [0.15, 0.2) is 18.7 Å². The van der Waals surface area contributed by atoms with Crippen molar-refractivity contribution in [2.45, 2.75) is 38.1 Å². The van der Waals surface area contributed by atoms with Crippen molar-refractivity contribution in [3.05, 3.63) is 41.2 Å². The van der Waals surface area contributed by atoms with E-state index < -0.39 is 0 Å². The van der Waals surface area contributed by atoms with E-state index in [-0.39, 0.29) is 0 Å². The van der Waals surface area contributed by atoms with Gasteiger partial charge in [-0.15, -0.1) is 0 Å². The molecule has 5 nitrogen and oxygen atoms in total. The molecule has 1 saturated carbocycles. The minimum atomic E-state index is 0.714. The monoisotopic (exact) mass is 283 g/mol. The van der Waals surface area contributed by atoms with Gasteiger partial charge in [-0.2, -0.15) is 5.10 Å². The number of nitrogens with zero attached hydrogens (tertiary/aromatic N) is 5. The number of aryl methyl sites for hydroxylation is 1. The third kappa shape index (κ3) is 2.70. The van der Waals surface area contributed by atoms with Gasteiger partial charge < -0.3 is 0 Å². The van der Waals surface area contributed by atoms with Crippen LogP contribution in [0.5, 0.6) is 0 Å². The summed E-state index contributed by atoms with van der Waals surface area (Å²) in [6.45, 7) is 3.14. The Labute approximate surface area is 125 Å². The number of fused-ring (bicyclic) bond motifs is 1. The van der Waals surface area contributed by atoms with Gasteiger partial charge in [0.2, 0.25) is 0 Å². The van der Waals surface area contributed by atoms with Crippen molar-refractivity contribution >= 4 is 0 Å². The Morgan fingerprint density at radius 2 is 2.05 bits per heavy atom. The van der Waals surface area contributed by atoms with Gasteiger partial charge in [0.1, 0.15) is 6.33 Å². The highest BCUT2D eigenvalue weighted by molar-refractivity contribution is 5.31. The molecule has 1 fully saturated rings. The smallest absolute Gasteiger partial charge is 0.115 e. The van der Waals surface area contributed by atoms with Gasteiger partial charge in [0.05, 0.1) is 11.9 Å². The number of rotatable bonds is 3. The van der Waals surface area contributed by atoms with Crippen molar-refractivity contribution in [2.75, 3.05) is 13.1 Å². The van der Waals surface area contributed by atoms with E-state index in [1.807, 2.05) is 17.9 Å². The van der Waals surface area contributed by atoms with Gasteiger partial charge in [0.15, 0.2) is 0 Å². The normalized spacial score (nSPS) is 19.3. The van der Waals surface area contributed by atoms with E-state index in [1.54, 1.807) is 6.33 Å². The van der Waals surface area contributed by atoms with E-state index in [9.17, 15) is 0 Å². The van der Waals surface area contributed by atoms with Crippen molar-refractivity contribution in [1.82, 2.24) is 24.6 Å². The molecule has 4 rings (SSSR count). The van der Waals surface area contributed by atoms with Gasteiger partial charge in [-0.25, -0.2) is 9.97 Å². The second-order valence-electron chi connectivity index (χ2n) is 6.26. The summed E-state index contributed by atoms with van der Waals surface area (Å²) in [7, 11) is 1.97. The number of hydrogen-bond donors (Lipinski definition) is 0. The van der Waals surface area contributed by atoms with E-state index in [1.165, 1.54) is 35.4 Å². The second kappa shape index (κ2) is 5.22. The average molecular weight is 283 g/mol. The first kappa shape index (κ1) is 13.0. The molecule has 1 aliphatic carbocycles. The number of aromatic nitrogens is 4. The van der Waals surface area contributed by atoms with Crippen LogP contribution in [0.2, 0.25) is 0 Å². The molecule has 2 aromatic rings. The highest BCUT2D eigenvalue weighted by Crippen LogP contribution is 2.41. The molecular weight excluding hydrogens is 262 g/mol. The molecule has 21 heavy (non-hydrogen) atoms. The van der Waals surface area contributed by atoms with E-state index in [0.717, 1.165) is 32.5 Å². The summed E-state index contributed by atoms with van der Waals surface area (Å²) in [6, 6.07) is 0. The van der Waals surface area contributed by atoms with E-state index in [2.05, 4.69) is 26.2 Å². The molecule has 0 atom stereocenters. The van der Waals surface area contributed by atoms with Crippen LogP contribution in [0.1, 0.15) is 41.3 Å². The van der Waals surface area contributed by atoms with E-state index in [0.29, 0.717) is 5.92 Å². The van der Waals surface area contributed by atoms with Crippen LogP contribution in [-0.2, 0) is 26.4 Å². The Balaban J connectivity index is 1.50. The quantitative estimate of drug-likeness (QED) is 0.860. The topological polar surface area (TPSA) is 46.8 Å². The Hall–Kier alpha value is -1.75. The van der Waals surface area contributed by atoms with Crippen LogP contribution >= 0.6 is 0 Å². The molecule has 0 unspecified atom stereocenters. The zero-order valence-electron chi connectivity index (χ0n) is 12.5. The fraction of sp³-hybridized carbons (Fsp3) is 0.562. The van der Waals surface area contributed by atoms with Crippen LogP contribution in [0, 0.1) is 0 Å². The van der Waals surface area contributed by atoms with Gasteiger partial charge in [0.25, 0.3) is 0 Å². The molecule has 0 N–H and O–H groups in total. The van der Waals surface area contributed by atoms with Crippen LogP contribution in [0.4, 0.5) is 0 Å². The largest absolute Gasteiger partial charge is 0.298 e. The van der Waals surface area contributed by atoms with Gasteiger partial charge in [0, 0.05) is 56.5 Å². The summed E-state index contributed by atoms with van der Waals surface area (Å²) < 4.78 is 1.87. The third-order valence-electron chi connectivity index (χ3n) is 4.54. The summed E-state index contributed by atoms with van der Waals surface area (Å²) in [6.07, 6.45) is 10.6. The van der Waals surface area contributed by atoms with Crippen molar-refractivity contribution < 1.29 is 0 Å². The second-order valence-corrected chi connectivity index (χ2v) is 6.26. The molecule has 0 amide bonds. The van der Waals surface area contributed by atoms with E-state index >= 15 is 0 Å². The van der Waals surface area contributed by atoms with Crippen molar-refractivity contribution in [1.29, 1.82) is 0 Å². The first-order valence-corrected chi connectivity index (χ1v) is 7.82. The summed E-state index contributed by atoms with van der Waals surface area (Å²) in [5, 5.41) is 4.26. The predicted octanol–water partition coefficient (Wildman–Crippen LogP) is 1.69. The highest BCUT2D eigenvalue weighted by atomic mass is 15.2. The molecular formula is C16H21N5. The maximum Gasteiger partial charge on any atom is 0.115 e. The molecule has 3 heterocycles. The Bertz CT molecular complexity index is 644. The van der Waals surface area contributed by atoms with Crippen molar-refractivity contribution in [2.24, 2.45) is 7.05 Å². The standard InChI is InChI=1S/C16H21N5/c1-20-9-12(8-19-20)10-21-6-4-14-15(5-7-21)17-11-18-16(14)13-2-3-13/h8-9,11,13H,2-7,10H2,1H3. The SMILES string of the molecule is Cn1cc(CN2CCc3ncnc(C4CC4)c3CC2)cn1. The zero-order chi connectivity index (χ0) is 14.2. The van der Waals surface area contributed by atoms with Crippen LogP contribution in [0.25, 0.3) is 0 Å². The lowest BCUT2D eigenvalue weighted by molar-refractivity contribution is 0.279. The Morgan fingerprint density at radius 1 is 1.19 bits per heavy atom. The molecule has 5 heteroatoms. The fourth-order valence-corrected chi connectivity index (χ4v) is 3.28. The first-order valence-electron chi connectivity index (χ1n) is 7.82. The minimum Gasteiger partial charge on any atom is -0.298 e. The molecule has 2 aromatic heterocycles. The summed E-state index contributed by atoms with van der Waals surface area (Å²) in [5.74, 6) is 0.714. The van der Waals surface area contributed by atoms with Gasteiger partial charge >= 0.3 is 0 Å². The average Bonchev–Trinajstić information content (AvgIpc) is 3.27. The maximum absolute atomic E-state index is 4.57. The molecule has 1 aliphatic heterocycles. The van der Waals surface area contributed by atoms with Gasteiger partial charge in [-0.1, -0.05) is 0 Å². The summed E-state index contributed by atoms with van der Waals surface area (Å²) in [4.78, 5) is 11.6. The van der Waals surface area contributed by atoms with Crippen molar-refractivity contribution in [3.8, 4) is 0 Å². The first-order chi connectivity index (χ1) is 10.3. The van der Waals surface area contributed by atoms with Crippen molar-refractivity contribution in [3.63, 3.8) is 0 Å². The molecule has 0 spiro atoms. The summed E-state index contributed by atoms with van der Waals surface area (Å²) >= 11 is 0. The lowest BCUT2D eigenvalue weighted by Gasteiger charge is -2.18. The van der Waals surface area contributed by atoms with Crippen LogP contribution < -0.4 is 0 Å². The maximum atomic E-state index is 4.57. The van der Waals surface area contributed by atoms with Crippen LogP contribution in [-0.4, -0.2) is 37.7 Å². The van der Waals surface area contributed by atoms with E-state index in [4.69, 9.17) is 0 Å². The summed E-state index contributed by atoms with van der Waals surface area (Å²) in [5.41, 5.74) is 5.34. The fourth-order valence-electron chi connectivity index (χ4n) is 3.28. The zero-order valence-corrected chi connectivity index (χ0v) is 12.5. The molecule has 0 bridgehead atoms. The van der Waals surface area contributed by atoms with Gasteiger partial charge in [-0.3, -0.25) is 9.58 Å². The molecule has 2 aliphatic rings. The Kier molecular flexibility index (Phi) is 3.22. The lowest BCUT2D eigenvalue weighted by atomic mass is 10.0. The third-order valence-corrected chi connectivity index (χ3v) is 4.54. The Morgan fingerprint density at radius 3 is 2.81 bits per heavy atom. The lowest BCUT2D eigenvalue weighted by Crippen LogP contribution is -2.25.